The zero-order valence-electron chi connectivity index (χ0n) is 16.0. The lowest BCUT2D eigenvalue weighted by Gasteiger charge is -2.12. The summed E-state index contributed by atoms with van der Waals surface area (Å²) in [5.74, 6) is 1.93. The molecule has 0 saturated heterocycles. The molecule has 0 saturated carbocycles. The minimum Gasteiger partial charge on any atom is -0.497 e. The highest BCUT2D eigenvalue weighted by Gasteiger charge is 2.12. The van der Waals surface area contributed by atoms with Crippen LogP contribution in [0.5, 0.6) is 11.5 Å². The number of hydrogen-bond donors (Lipinski definition) is 2. The third kappa shape index (κ3) is 4.40. The van der Waals surface area contributed by atoms with E-state index in [9.17, 15) is 4.79 Å². The quantitative estimate of drug-likeness (QED) is 0.589. The maximum absolute atomic E-state index is 12.5. The molecule has 8 heteroatoms. The first-order valence-corrected chi connectivity index (χ1v) is 9.16. The van der Waals surface area contributed by atoms with Gasteiger partial charge in [0.25, 0.3) is 0 Å². The molecule has 3 aromatic rings. The summed E-state index contributed by atoms with van der Waals surface area (Å²) in [5, 5.41) is 9.99. The Hall–Kier alpha value is -3.13. The molecule has 0 fully saturated rings. The molecule has 146 valence electrons. The largest absolute Gasteiger partial charge is 0.497 e. The highest BCUT2D eigenvalue weighted by molar-refractivity contribution is 7.71. The summed E-state index contributed by atoms with van der Waals surface area (Å²) in [6.45, 7) is 2.36. The zero-order valence-corrected chi connectivity index (χ0v) is 16.8. The number of methoxy groups -OCH3 is 2. The van der Waals surface area contributed by atoms with Crippen LogP contribution in [0.15, 0.2) is 42.5 Å². The van der Waals surface area contributed by atoms with E-state index in [1.807, 2.05) is 54.0 Å². The predicted octanol–water partition coefficient (Wildman–Crippen LogP) is 3.96. The lowest BCUT2D eigenvalue weighted by Crippen LogP contribution is -2.15. The molecular formula is C20H22N4O3S. The molecule has 0 aliphatic heterocycles. The molecule has 0 radical (unpaired) electrons. The predicted molar refractivity (Wildman–Crippen MR) is 110 cm³/mol. The lowest BCUT2D eigenvalue weighted by atomic mass is 10.2. The summed E-state index contributed by atoms with van der Waals surface area (Å²) in [4.78, 5) is 12.5. The number of amides is 1. The Morgan fingerprint density at radius 2 is 1.93 bits per heavy atom. The molecule has 7 nitrogen and oxygen atoms in total. The number of anilines is 1. The van der Waals surface area contributed by atoms with Crippen molar-refractivity contribution in [2.75, 3.05) is 19.5 Å². The molecule has 28 heavy (non-hydrogen) atoms. The van der Waals surface area contributed by atoms with Gasteiger partial charge in [-0.2, -0.15) is 5.10 Å². The van der Waals surface area contributed by atoms with Crippen molar-refractivity contribution in [1.82, 2.24) is 14.8 Å². The van der Waals surface area contributed by atoms with Crippen LogP contribution in [-0.4, -0.2) is 34.9 Å². The van der Waals surface area contributed by atoms with E-state index >= 15 is 0 Å². The molecule has 0 aliphatic rings. The standard InChI is InChI=1S/C20H22N4O3S/c1-13-4-9-17(27-3)16(12-13)21-18(25)10-11-24-19(22-23-20(24)28)14-5-7-15(26-2)8-6-14/h4-9,12H,10-11H2,1-3H3,(H,21,25)(H,23,28). The highest BCUT2D eigenvalue weighted by atomic mass is 32.1. The molecule has 0 bridgehead atoms. The van der Waals surface area contributed by atoms with Crippen LogP contribution in [0.2, 0.25) is 0 Å². The van der Waals surface area contributed by atoms with Gasteiger partial charge in [0.2, 0.25) is 5.91 Å². The van der Waals surface area contributed by atoms with Crippen molar-refractivity contribution < 1.29 is 14.3 Å². The molecule has 1 heterocycles. The van der Waals surface area contributed by atoms with Crippen LogP contribution in [-0.2, 0) is 11.3 Å². The molecule has 1 aromatic heterocycles. The van der Waals surface area contributed by atoms with Crippen molar-refractivity contribution in [3.8, 4) is 22.9 Å². The van der Waals surface area contributed by atoms with E-state index in [-0.39, 0.29) is 12.3 Å². The number of ether oxygens (including phenoxy) is 2. The maximum atomic E-state index is 12.5. The van der Waals surface area contributed by atoms with Gasteiger partial charge in [-0.1, -0.05) is 6.07 Å². The summed E-state index contributed by atoms with van der Waals surface area (Å²) >= 11 is 5.33. The van der Waals surface area contributed by atoms with Crippen molar-refractivity contribution in [3.63, 3.8) is 0 Å². The number of aromatic nitrogens is 3. The van der Waals surface area contributed by atoms with Crippen molar-refractivity contribution in [2.24, 2.45) is 0 Å². The van der Waals surface area contributed by atoms with Gasteiger partial charge in [-0.25, -0.2) is 0 Å². The Bertz CT molecular complexity index is 1020. The van der Waals surface area contributed by atoms with Gasteiger partial charge >= 0.3 is 0 Å². The second-order valence-corrected chi connectivity index (χ2v) is 6.62. The smallest absolute Gasteiger partial charge is 0.226 e. The maximum Gasteiger partial charge on any atom is 0.226 e. The molecule has 2 aromatic carbocycles. The average Bonchev–Trinajstić information content (AvgIpc) is 3.07. The van der Waals surface area contributed by atoms with Gasteiger partial charge in [0.15, 0.2) is 10.6 Å². The van der Waals surface area contributed by atoms with E-state index in [1.165, 1.54) is 0 Å². The Kier molecular flexibility index (Phi) is 6.10. The Labute approximate surface area is 168 Å². The Morgan fingerprint density at radius 1 is 1.18 bits per heavy atom. The number of H-pyrrole nitrogens is 1. The summed E-state index contributed by atoms with van der Waals surface area (Å²) in [7, 11) is 3.19. The van der Waals surface area contributed by atoms with E-state index < -0.39 is 0 Å². The minimum atomic E-state index is -0.132. The monoisotopic (exact) mass is 398 g/mol. The van der Waals surface area contributed by atoms with Crippen LogP contribution in [0.25, 0.3) is 11.4 Å². The number of aromatic amines is 1. The highest BCUT2D eigenvalue weighted by Crippen LogP contribution is 2.25. The van der Waals surface area contributed by atoms with Crippen LogP contribution in [0.1, 0.15) is 12.0 Å². The second kappa shape index (κ2) is 8.71. The van der Waals surface area contributed by atoms with E-state index in [1.54, 1.807) is 14.2 Å². The van der Waals surface area contributed by atoms with Gasteiger partial charge in [0, 0.05) is 18.5 Å². The number of hydrogen-bond acceptors (Lipinski definition) is 5. The minimum absolute atomic E-state index is 0.132. The summed E-state index contributed by atoms with van der Waals surface area (Å²) in [6.07, 6.45) is 0.244. The molecular weight excluding hydrogens is 376 g/mol. The number of nitrogens with zero attached hydrogens (tertiary/aromatic N) is 2. The molecule has 3 rings (SSSR count). The average molecular weight is 398 g/mol. The first kappa shape index (κ1) is 19.6. The van der Waals surface area contributed by atoms with Crippen molar-refractivity contribution in [2.45, 2.75) is 19.9 Å². The SMILES string of the molecule is COc1ccc(-c2n[nH]c(=S)n2CCC(=O)Nc2cc(C)ccc2OC)cc1. The molecule has 0 unspecified atom stereocenters. The molecule has 0 aliphatic carbocycles. The third-order valence-electron chi connectivity index (χ3n) is 4.30. The van der Waals surface area contributed by atoms with Crippen molar-refractivity contribution in [1.29, 1.82) is 0 Å². The zero-order chi connectivity index (χ0) is 20.1. The van der Waals surface area contributed by atoms with Crippen LogP contribution >= 0.6 is 12.2 Å². The molecule has 1 amide bonds. The van der Waals surface area contributed by atoms with Crippen molar-refractivity contribution >= 4 is 23.8 Å². The molecule has 0 atom stereocenters. The number of carbonyl (C=O) groups excluding carboxylic acids is 1. The van der Waals surface area contributed by atoms with Gasteiger partial charge < -0.3 is 14.8 Å². The van der Waals surface area contributed by atoms with Gasteiger partial charge in [-0.15, -0.1) is 0 Å². The second-order valence-electron chi connectivity index (χ2n) is 6.23. The van der Waals surface area contributed by atoms with Crippen LogP contribution in [0.4, 0.5) is 5.69 Å². The van der Waals surface area contributed by atoms with Crippen LogP contribution in [0, 0.1) is 11.7 Å². The normalized spacial score (nSPS) is 10.5. The molecule has 0 spiro atoms. The van der Waals surface area contributed by atoms with Crippen molar-refractivity contribution in [3.05, 3.63) is 52.8 Å². The molecule has 2 N–H and O–H groups in total. The van der Waals surface area contributed by atoms with E-state index in [4.69, 9.17) is 21.7 Å². The van der Waals surface area contributed by atoms with Gasteiger partial charge in [0.1, 0.15) is 11.5 Å². The summed E-state index contributed by atoms with van der Waals surface area (Å²) in [5.41, 5.74) is 2.57. The number of rotatable bonds is 7. The topological polar surface area (TPSA) is 81.2 Å². The van der Waals surface area contributed by atoms with E-state index in [0.29, 0.717) is 28.6 Å². The van der Waals surface area contributed by atoms with Crippen LogP contribution < -0.4 is 14.8 Å². The van der Waals surface area contributed by atoms with E-state index in [2.05, 4.69) is 15.5 Å². The third-order valence-corrected chi connectivity index (χ3v) is 4.61. The number of carbonyl (C=O) groups is 1. The first-order chi connectivity index (χ1) is 13.5. The Balaban J connectivity index is 1.73. The number of aryl methyl sites for hydroxylation is 1. The number of benzene rings is 2. The number of nitrogens with one attached hydrogen (secondary N) is 2. The fraction of sp³-hybridized carbons (Fsp3) is 0.250. The van der Waals surface area contributed by atoms with Gasteiger partial charge in [0.05, 0.1) is 19.9 Å². The summed E-state index contributed by atoms with van der Waals surface area (Å²) in [6, 6.07) is 13.2. The summed E-state index contributed by atoms with van der Waals surface area (Å²) < 4.78 is 12.8. The fourth-order valence-corrected chi connectivity index (χ4v) is 3.05. The lowest BCUT2D eigenvalue weighted by molar-refractivity contribution is -0.116. The van der Waals surface area contributed by atoms with Crippen LogP contribution in [0.3, 0.4) is 0 Å². The Morgan fingerprint density at radius 3 is 2.61 bits per heavy atom. The van der Waals surface area contributed by atoms with Gasteiger partial charge in [-0.3, -0.25) is 14.5 Å². The fourth-order valence-electron chi connectivity index (χ4n) is 2.83. The van der Waals surface area contributed by atoms with Gasteiger partial charge in [-0.05, 0) is 61.1 Å². The first-order valence-electron chi connectivity index (χ1n) is 8.76. The van der Waals surface area contributed by atoms with E-state index in [0.717, 1.165) is 16.9 Å².